The predicted octanol–water partition coefficient (Wildman–Crippen LogP) is 2.21. The van der Waals surface area contributed by atoms with Crippen molar-refractivity contribution in [1.29, 1.82) is 0 Å². The highest BCUT2D eigenvalue weighted by Gasteiger charge is 2.19. The highest BCUT2D eigenvalue weighted by molar-refractivity contribution is 5.97. The van der Waals surface area contributed by atoms with E-state index in [4.69, 9.17) is 4.74 Å². The summed E-state index contributed by atoms with van der Waals surface area (Å²) in [5.74, 6) is 0.634. The fourth-order valence-corrected chi connectivity index (χ4v) is 3.36. The monoisotopic (exact) mass is 396 g/mol. The average molecular weight is 396 g/mol. The van der Waals surface area contributed by atoms with Gasteiger partial charge in [0.2, 0.25) is 5.91 Å². The van der Waals surface area contributed by atoms with E-state index >= 15 is 0 Å². The Labute approximate surface area is 171 Å². The minimum absolute atomic E-state index is 0.0732. The second-order valence-electron chi connectivity index (χ2n) is 6.95. The molecule has 0 aromatic heterocycles. The van der Waals surface area contributed by atoms with Gasteiger partial charge in [0.1, 0.15) is 5.75 Å². The summed E-state index contributed by atoms with van der Waals surface area (Å²) >= 11 is 0. The van der Waals surface area contributed by atoms with Crippen molar-refractivity contribution in [3.05, 3.63) is 54.1 Å². The molecule has 0 atom stereocenters. The maximum absolute atomic E-state index is 12.4. The number of carbonyl (C=O) groups is 2. The van der Waals surface area contributed by atoms with E-state index in [1.807, 2.05) is 19.1 Å². The first-order valence-electron chi connectivity index (χ1n) is 9.88. The minimum atomic E-state index is -0.141. The molecule has 2 amide bonds. The summed E-state index contributed by atoms with van der Waals surface area (Å²) in [5.41, 5.74) is 2.34. The molecule has 1 fully saturated rings. The van der Waals surface area contributed by atoms with E-state index in [-0.39, 0.29) is 11.8 Å². The number of methoxy groups -OCH3 is 1. The lowest BCUT2D eigenvalue weighted by Gasteiger charge is -2.35. The van der Waals surface area contributed by atoms with Crippen LogP contribution in [0.15, 0.2) is 48.5 Å². The molecule has 29 heavy (non-hydrogen) atoms. The number of piperazine rings is 1. The molecular weight excluding hydrogens is 368 g/mol. The molecule has 0 aliphatic carbocycles. The number of nitrogens with zero attached hydrogens (tertiary/aromatic N) is 2. The van der Waals surface area contributed by atoms with Crippen molar-refractivity contribution in [3.63, 3.8) is 0 Å². The second kappa shape index (κ2) is 9.93. The van der Waals surface area contributed by atoms with Gasteiger partial charge in [-0.05, 0) is 49.4 Å². The summed E-state index contributed by atoms with van der Waals surface area (Å²) in [7, 11) is 1.66. The van der Waals surface area contributed by atoms with E-state index in [2.05, 4.69) is 32.6 Å². The van der Waals surface area contributed by atoms with Gasteiger partial charge in [0.25, 0.3) is 5.91 Å². The van der Waals surface area contributed by atoms with E-state index in [1.165, 1.54) is 0 Å². The number of hydrogen-bond acceptors (Lipinski definition) is 5. The van der Waals surface area contributed by atoms with Crippen LogP contribution < -0.4 is 20.3 Å². The van der Waals surface area contributed by atoms with Gasteiger partial charge < -0.3 is 20.3 Å². The molecule has 1 saturated heterocycles. The van der Waals surface area contributed by atoms with Gasteiger partial charge in [-0.3, -0.25) is 14.5 Å². The maximum atomic E-state index is 12.4. The van der Waals surface area contributed by atoms with Gasteiger partial charge in [0.05, 0.1) is 13.7 Å². The Balaban J connectivity index is 1.48. The van der Waals surface area contributed by atoms with Gasteiger partial charge >= 0.3 is 0 Å². The highest BCUT2D eigenvalue weighted by atomic mass is 16.5. The van der Waals surface area contributed by atoms with Gasteiger partial charge in [-0.15, -0.1) is 0 Å². The summed E-state index contributed by atoms with van der Waals surface area (Å²) < 4.78 is 5.21. The Morgan fingerprint density at radius 3 is 2.41 bits per heavy atom. The highest BCUT2D eigenvalue weighted by Crippen LogP contribution is 2.20. The van der Waals surface area contributed by atoms with E-state index in [1.54, 1.807) is 31.4 Å². The largest absolute Gasteiger partial charge is 0.497 e. The molecule has 154 valence electrons. The number of carbonyl (C=O) groups excluding carboxylic acids is 2. The molecule has 0 saturated carbocycles. The molecule has 2 N–H and O–H groups in total. The SMILES string of the molecule is CCNC(=O)c1cccc(NC(=O)CN2CCN(c3ccc(OC)cc3)CC2)c1. The number of nitrogens with one attached hydrogen (secondary N) is 2. The zero-order valence-electron chi connectivity index (χ0n) is 17.0. The first kappa shape index (κ1) is 20.7. The van der Waals surface area contributed by atoms with Crippen LogP contribution in [0.1, 0.15) is 17.3 Å². The van der Waals surface area contributed by atoms with Crippen LogP contribution >= 0.6 is 0 Å². The lowest BCUT2D eigenvalue weighted by atomic mass is 10.2. The smallest absolute Gasteiger partial charge is 0.251 e. The van der Waals surface area contributed by atoms with Crippen molar-refractivity contribution in [3.8, 4) is 5.75 Å². The fraction of sp³-hybridized carbons (Fsp3) is 0.364. The van der Waals surface area contributed by atoms with Crippen molar-refractivity contribution in [1.82, 2.24) is 10.2 Å². The number of amides is 2. The Kier molecular flexibility index (Phi) is 7.08. The quantitative estimate of drug-likeness (QED) is 0.751. The van der Waals surface area contributed by atoms with Crippen LogP contribution in [0.2, 0.25) is 0 Å². The second-order valence-corrected chi connectivity index (χ2v) is 6.95. The van der Waals surface area contributed by atoms with Crippen molar-refractivity contribution in [2.75, 3.05) is 56.6 Å². The maximum Gasteiger partial charge on any atom is 0.251 e. The van der Waals surface area contributed by atoms with Gasteiger partial charge in [-0.25, -0.2) is 0 Å². The zero-order valence-corrected chi connectivity index (χ0v) is 17.0. The third kappa shape index (κ3) is 5.71. The van der Waals surface area contributed by atoms with Crippen LogP contribution in [0, 0.1) is 0 Å². The molecule has 1 aliphatic heterocycles. The van der Waals surface area contributed by atoms with Gasteiger partial charge in [0, 0.05) is 49.7 Å². The average Bonchev–Trinajstić information content (AvgIpc) is 2.75. The molecular formula is C22H28N4O3. The molecule has 1 heterocycles. The molecule has 2 aromatic rings. The molecule has 0 spiro atoms. The van der Waals surface area contributed by atoms with Gasteiger partial charge in [-0.2, -0.15) is 0 Å². The summed E-state index contributed by atoms with van der Waals surface area (Å²) in [6.07, 6.45) is 0. The molecule has 3 rings (SSSR count). The predicted molar refractivity (Wildman–Crippen MR) is 115 cm³/mol. The Morgan fingerprint density at radius 2 is 1.76 bits per heavy atom. The van der Waals surface area contributed by atoms with Gasteiger partial charge in [-0.1, -0.05) is 6.07 Å². The number of rotatable bonds is 7. The standard InChI is InChI=1S/C22H28N4O3/c1-3-23-22(28)17-5-4-6-18(15-17)24-21(27)16-25-11-13-26(14-12-25)19-7-9-20(29-2)10-8-19/h4-10,15H,3,11-14,16H2,1-2H3,(H,23,28)(H,24,27). The number of ether oxygens (including phenoxy) is 1. The van der Waals surface area contributed by atoms with Crippen LogP contribution in [0.25, 0.3) is 0 Å². The van der Waals surface area contributed by atoms with Gasteiger partial charge in [0.15, 0.2) is 0 Å². The third-order valence-electron chi connectivity index (χ3n) is 4.92. The summed E-state index contributed by atoms with van der Waals surface area (Å²) in [5, 5.41) is 5.65. The number of anilines is 2. The van der Waals surface area contributed by atoms with Crippen molar-refractivity contribution in [2.45, 2.75) is 6.92 Å². The first-order valence-corrected chi connectivity index (χ1v) is 9.88. The third-order valence-corrected chi connectivity index (χ3v) is 4.92. The summed E-state index contributed by atoms with van der Waals surface area (Å²) in [6, 6.07) is 15.0. The molecule has 2 aromatic carbocycles. The van der Waals surface area contributed by atoms with Crippen molar-refractivity contribution in [2.24, 2.45) is 0 Å². The summed E-state index contributed by atoms with van der Waals surface area (Å²) in [4.78, 5) is 28.8. The van der Waals surface area contributed by atoms with E-state index in [9.17, 15) is 9.59 Å². The summed E-state index contributed by atoms with van der Waals surface area (Å²) in [6.45, 7) is 6.15. The van der Waals surface area contributed by atoms with Crippen molar-refractivity contribution < 1.29 is 14.3 Å². The Bertz CT molecular complexity index is 830. The van der Waals surface area contributed by atoms with Crippen LogP contribution in [0.3, 0.4) is 0 Å². The van der Waals surface area contributed by atoms with Crippen LogP contribution in [-0.4, -0.2) is 63.1 Å². The van der Waals surface area contributed by atoms with E-state index < -0.39 is 0 Å². The van der Waals surface area contributed by atoms with Crippen LogP contribution in [-0.2, 0) is 4.79 Å². The van der Waals surface area contributed by atoms with E-state index in [0.29, 0.717) is 24.3 Å². The minimum Gasteiger partial charge on any atom is -0.497 e. The Morgan fingerprint density at radius 1 is 1.03 bits per heavy atom. The fourth-order valence-electron chi connectivity index (χ4n) is 3.36. The topological polar surface area (TPSA) is 73.9 Å². The van der Waals surface area contributed by atoms with Crippen molar-refractivity contribution >= 4 is 23.2 Å². The molecule has 0 bridgehead atoms. The lowest BCUT2D eigenvalue weighted by molar-refractivity contribution is -0.117. The molecule has 7 nitrogen and oxygen atoms in total. The lowest BCUT2D eigenvalue weighted by Crippen LogP contribution is -2.48. The Hall–Kier alpha value is -3.06. The molecule has 0 unspecified atom stereocenters. The molecule has 7 heteroatoms. The zero-order chi connectivity index (χ0) is 20.6. The van der Waals surface area contributed by atoms with Crippen LogP contribution in [0.5, 0.6) is 5.75 Å². The normalized spacial score (nSPS) is 14.3. The van der Waals surface area contributed by atoms with Crippen LogP contribution in [0.4, 0.5) is 11.4 Å². The number of benzene rings is 2. The first-order chi connectivity index (χ1) is 14.1. The van der Waals surface area contributed by atoms with E-state index in [0.717, 1.165) is 37.6 Å². The number of hydrogen-bond donors (Lipinski definition) is 2. The molecule has 1 aliphatic rings. The molecule has 0 radical (unpaired) electrons.